The average Bonchev–Trinajstić information content (AvgIpc) is 2.55. The molecule has 1 heterocycles. The number of hydrogen-bond acceptors (Lipinski definition) is 4. The van der Waals surface area contributed by atoms with Crippen LogP contribution in [0.2, 0.25) is 0 Å². The Morgan fingerprint density at radius 2 is 2.09 bits per heavy atom. The molecule has 0 aromatic heterocycles. The van der Waals surface area contributed by atoms with E-state index >= 15 is 0 Å². The van der Waals surface area contributed by atoms with Crippen LogP contribution in [-0.2, 0) is 9.59 Å². The zero-order chi connectivity index (χ0) is 16.2. The van der Waals surface area contributed by atoms with Crippen molar-refractivity contribution in [2.45, 2.75) is 50.2 Å². The predicted octanol–water partition coefficient (Wildman–Crippen LogP) is 1.42. The van der Waals surface area contributed by atoms with Gasteiger partial charge in [-0.2, -0.15) is 0 Å². The minimum absolute atomic E-state index is 0.0751. The fourth-order valence-electron chi connectivity index (χ4n) is 3.37. The summed E-state index contributed by atoms with van der Waals surface area (Å²) in [7, 11) is 1.58. The first kappa shape index (κ1) is 15.8. The third kappa shape index (κ3) is 3.82. The highest BCUT2D eigenvalue weighted by atomic mass is 16.5. The van der Waals surface area contributed by atoms with Crippen molar-refractivity contribution < 1.29 is 14.3 Å². The van der Waals surface area contributed by atoms with Gasteiger partial charge in [-0.15, -0.1) is 0 Å². The first-order chi connectivity index (χ1) is 11.2. The van der Waals surface area contributed by atoms with Crippen molar-refractivity contribution in [2.24, 2.45) is 0 Å². The molecule has 23 heavy (non-hydrogen) atoms. The second-order valence-electron chi connectivity index (χ2n) is 6.21. The van der Waals surface area contributed by atoms with E-state index in [0.717, 1.165) is 19.3 Å². The molecule has 0 spiro atoms. The number of rotatable bonds is 4. The molecule has 3 atom stereocenters. The number of carbonyl (C=O) groups is 2. The van der Waals surface area contributed by atoms with Crippen molar-refractivity contribution in [3.8, 4) is 5.75 Å². The zero-order valence-electron chi connectivity index (χ0n) is 13.3. The normalized spacial score (nSPS) is 26.8. The zero-order valence-corrected chi connectivity index (χ0v) is 13.3. The number of benzene rings is 1. The number of piperazine rings is 1. The molecular weight excluding hydrogens is 294 g/mol. The van der Waals surface area contributed by atoms with E-state index in [1.165, 1.54) is 6.42 Å². The van der Waals surface area contributed by atoms with Gasteiger partial charge in [0.2, 0.25) is 11.8 Å². The number of carbonyl (C=O) groups excluding carboxylic acids is 2. The number of ether oxygens (including phenoxy) is 1. The first-order valence-corrected chi connectivity index (χ1v) is 8.16. The molecule has 1 aliphatic heterocycles. The highest BCUT2D eigenvalue weighted by Gasteiger charge is 2.36. The molecule has 3 rings (SSSR count). The Morgan fingerprint density at radius 1 is 1.30 bits per heavy atom. The second-order valence-corrected chi connectivity index (χ2v) is 6.21. The van der Waals surface area contributed by atoms with Crippen molar-refractivity contribution in [1.29, 1.82) is 0 Å². The number of fused-ring (bicyclic) bond motifs is 1. The summed E-state index contributed by atoms with van der Waals surface area (Å²) >= 11 is 0. The molecule has 6 heteroatoms. The molecule has 124 valence electrons. The van der Waals surface area contributed by atoms with Crippen LogP contribution in [0.3, 0.4) is 0 Å². The summed E-state index contributed by atoms with van der Waals surface area (Å²) in [5.41, 5.74) is 0.668. The molecule has 1 aromatic rings. The Hall–Kier alpha value is -2.08. The van der Waals surface area contributed by atoms with Gasteiger partial charge in [0, 0.05) is 23.8 Å². The van der Waals surface area contributed by atoms with Crippen molar-refractivity contribution in [3.63, 3.8) is 0 Å². The summed E-state index contributed by atoms with van der Waals surface area (Å²) in [6.45, 7) is 0. The number of nitrogens with one attached hydrogen (secondary N) is 3. The summed E-state index contributed by atoms with van der Waals surface area (Å²) in [5, 5.41) is 9.22. The largest absolute Gasteiger partial charge is 0.497 e. The van der Waals surface area contributed by atoms with Crippen LogP contribution in [0.15, 0.2) is 24.3 Å². The van der Waals surface area contributed by atoms with Crippen molar-refractivity contribution >= 4 is 17.5 Å². The van der Waals surface area contributed by atoms with E-state index in [9.17, 15) is 9.59 Å². The molecular formula is C17H23N3O3. The van der Waals surface area contributed by atoms with Crippen LogP contribution in [0.1, 0.15) is 32.1 Å². The maximum Gasteiger partial charge on any atom is 0.237 e. The lowest BCUT2D eigenvalue weighted by atomic mass is 9.87. The molecule has 2 amide bonds. The van der Waals surface area contributed by atoms with Crippen molar-refractivity contribution in [2.75, 3.05) is 12.4 Å². The summed E-state index contributed by atoms with van der Waals surface area (Å²) < 4.78 is 5.13. The summed E-state index contributed by atoms with van der Waals surface area (Å²) in [4.78, 5) is 24.4. The Kier molecular flexibility index (Phi) is 4.81. The van der Waals surface area contributed by atoms with E-state index in [1.807, 2.05) is 12.1 Å². The fraction of sp³-hybridized carbons (Fsp3) is 0.529. The lowest BCUT2D eigenvalue weighted by Gasteiger charge is -2.40. The van der Waals surface area contributed by atoms with Crippen LogP contribution in [0.5, 0.6) is 5.75 Å². The molecule has 1 aromatic carbocycles. The highest BCUT2D eigenvalue weighted by molar-refractivity contribution is 5.95. The highest BCUT2D eigenvalue weighted by Crippen LogP contribution is 2.22. The molecule has 6 nitrogen and oxygen atoms in total. The van der Waals surface area contributed by atoms with Crippen LogP contribution < -0.4 is 20.7 Å². The molecule has 0 radical (unpaired) electrons. The van der Waals surface area contributed by atoms with E-state index in [0.29, 0.717) is 11.4 Å². The fourth-order valence-corrected chi connectivity index (χ4v) is 3.37. The van der Waals surface area contributed by atoms with E-state index in [-0.39, 0.29) is 30.3 Å². The van der Waals surface area contributed by atoms with Crippen LogP contribution >= 0.6 is 0 Å². The van der Waals surface area contributed by atoms with E-state index in [1.54, 1.807) is 19.2 Å². The average molecular weight is 317 g/mol. The smallest absolute Gasteiger partial charge is 0.237 e. The number of hydrogen-bond donors (Lipinski definition) is 3. The van der Waals surface area contributed by atoms with Gasteiger partial charge in [0.15, 0.2) is 0 Å². The number of amides is 2. The number of methoxy groups -OCH3 is 1. The molecule has 1 saturated heterocycles. The van der Waals surface area contributed by atoms with Crippen LogP contribution in [0, 0.1) is 0 Å². The van der Waals surface area contributed by atoms with E-state index in [4.69, 9.17) is 4.74 Å². The van der Waals surface area contributed by atoms with Crippen molar-refractivity contribution in [3.05, 3.63) is 24.3 Å². The monoisotopic (exact) mass is 317 g/mol. The maximum atomic E-state index is 12.2. The topological polar surface area (TPSA) is 79.5 Å². The molecule has 2 fully saturated rings. The Morgan fingerprint density at radius 3 is 2.87 bits per heavy atom. The SMILES string of the molecule is COc1cccc(NC(=O)C[C@@H]2N[C@H]3CCCC[C@H]3NC2=O)c1. The second kappa shape index (κ2) is 7.00. The van der Waals surface area contributed by atoms with Gasteiger partial charge in [-0.05, 0) is 25.0 Å². The minimum Gasteiger partial charge on any atom is -0.497 e. The molecule has 1 aliphatic carbocycles. The Bertz CT molecular complexity index is 590. The minimum atomic E-state index is -0.458. The van der Waals surface area contributed by atoms with Crippen molar-refractivity contribution in [1.82, 2.24) is 10.6 Å². The van der Waals surface area contributed by atoms with Gasteiger partial charge in [-0.3, -0.25) is 9.59 Å². The van der Waals surface area contributed by atoms with Crippen LogP contribution in [0.4, 0.5) is 5.69 Å². The lowest BCUT2D eigenvalue weighted by Crippen LogP contribution is -2.65. The molecule has 0 unspecified atom stereocenters. The maximum absolute atomic E-state index is 12.2. The van der Waals surface area contributed by atoms with Crippen LogP contribution in [0.25, 0.3) is 0 Å². The molecule has 0 bridgehead atoms. The van der Waals surface area contributed by atoms with Gasteiger partial charge in [0.25, 0.3) is 0 Å². The molecule has 3 N–H and O–H groups in total. The van der Waals surface area contributed by atoms with E-state index < -0.39 is 6.04 Å². The van der Waals surface area contributed by atoms with Crippen LogP contribution in [-0.4, -0.2) is 37.0 Å². The summed E-state index contributed by atoms with van der Waals surface area (Å²) in [6.07, 6.45) is 4.54. The molecule has 2 aliphatic rings. The third-order valence-electron chi connectivity index (χ3n) is 4.57. The predicted molar refractivity (Wildman–Crippen MR) is 87.4 cm³/mol. The van der Waals surface area contributed by atoms with Gasteiger partial charge < -0.3 is 20.7 Å². The number of anilines is 1. The first-order valence-electron chi connectivity index (χ1n) is 8.16. The van der Waals surface area contributed by atoms with Gasteiger partial charge in [0.05, 0.1) is 19.6 Å². The molecule has 1 saturated carbocycles. The van der Waals surface area contributed by atoms with Gasteiger partial charge >= 0.3 is 0 Å². The van der Waals surface area contributed by atoms with Gasteiger partial charge in [0.1, 0.15) is 5.75 Å². The van der Waals surface area contributed by atoms with Gasteiger partial charge in [-0.1, -0.05) is 18.9 Å². The standard InChI is InChI=1S/C17H23N3O3/c1-23-12-6-4-5-11(9-12)18-16(21)10-15-17(22)20-14-8-3-2-7-13(14)19-15/h4-6,9,13-15,19H,2-3,7-8,10H2,1H3,(H,18,21)(H,20,22)/t13-,14+,15-/m0/s1. The summed E-state index contributed by atoms with van der Waals surface area (Å²) in [5.74, 6) is 0.426. The summed E-state index contributed by atoms with van der Waals surface area (Å²) in [6, 6.07) is 7.22. The Labute approximate surface area is 136 Å². The third-order valence-corrected chi connectivity index (χ3v) is 4.57. The quantitative estimate of drug-likeness (QED) is 0.785. The Balaban J connectivity index is 1.57. The van der Waals surface area contributed by atoms with Gasteiger partial charge in [-0.25, -0.2) is 0 Å². The lowest BCUT2D eigenvalue weighted by molar-refractivity contribution is -0.129. The van der Waals surface area contributed by atoms with E-state index in [2.05, 4.69) is 16.0 Å².